The number of aromatic nitrogens is 1. The zero-order valence-electron chi connectivity index (χ0n) is 21.3. The number of carbonyl (C=O) groups is 1. The Labute approximate surface area is 224 Å². The molecule has 0 aliphatic heterocycles. The standard InChI is InChI=1S/C27H26F2N2O7S/c1-4-36-26(32)15-37-24-14-20-18(13-23(24)35-3)21(10-11-30-20)38-22-9-8-17(12-19(22)28)31-39(33,34)25-7-5-6-16(2)27(25)29/h5-14,16,27,31H,4,15H2,1-3H3. The number of nitrogens with one attached hydrogen (secondary N) is 1. The SMILES string of the molecule is CCOC(=O)COc1cc2nccc(Oc3ccc(NS(=O)(=O)C4=CC=CC(C)C4F)cc3F)c2cc1OC. The second kappa shape index (κ2) is 11.7. The van der Waals surface area contributed by atoms with Crippen molar-refractivity contribution < 1.29 is 40.9 Å². The van der Waals surface area contributed by atoms with Gasteiger partial charge in [0.15, 0.2) is 29.7 Å². The van der Waals surface area contributed by atoms with Crippen molar-refractivity contribution in [3.8, 4) is 23.0 Å². The Morgan fingerprint density at radius 3 is 2.62 bits per heavy atom. The van der Waals surface area contributed by atoms with E-state index in [4.69, 9.17) is 18.9 Å². The average Bonchev–Trinajstić information content (AvgIpc) is 2.90. The molecule has 0 spiro atoms. The second-order valence-electron chi connectivity index (χ2n) is 8.49. The van der Waals surface area contributed by atoms with Gasteiger partial charge in [-0.15, -0.1) is 0 Å². The highest BCUT2D eigenvalue weighted by atomic mass is 32.2. The number of nitrogens with zero attached hydrogens (tertiary/aromatic N) is 1. The Bertz CT molecular complexity index is 1560. The fraction of sp³-hybridized carbons (Fsp3) is 0.259. The Kier molecular flexibility index (Phi) is 8.34. The molecule has 39 heavy (non-hydrogen) atoms. The predicted molar refractivity (Wildman–Crippen MR) is 141 cm³/mol. The molecule has 2 atom stereocenters. The van der Waals surface area contributed by atoms with Gasteiger partial charge < -0.3 is 18.9 Å². The van der Waals surface area contributed by atoms with E-state index in [9.17, 15) is 22.0 Å². The largest absolute Gasteiger partial charge is 0.493 e. The third-order valence-electron chi connectivity index (χ3n) is 5.76. The van der Waals surface area contributed by atoms with Crippen LogP contribution in [0.3, 0.4) is 0 Å². The molecule has 3 aromatic rings. The lowest BCUT2D eigenvalue weighted by atomic mass is 10.0. The minimum Gasteiger partial charge on any atom is -0.493 e. The van der Waals surface area contributed by atoms with E-state index in [1.54, 1.807) is 32.1 Å². The van der Waals surface area contributed by atoms with Crippen LogP contribution in [0.4, 0.5) is 14.5 Å². The zero-order valence-corrected chi connectivity index (χ0v) is 22.1. The van der Waals surface area contributed by atoms with E-state index < -0.39 is 38.8 Å². The molecule has 1 aliphatic carbocycles. The molecular weight excluding hydrogens is 534 g/mol. The van der Waals surface area contributed by atoms with Crippen LogP contribution >= 0.6 is 0 Å². The Morgan fingerprint density at radius 2 is 1.90 bits per heavy atom. The van der Waals surface area contributed by atoms with Crippen LogP contribution in [0.25, 0.3) is 10.9 Å². The monoisotopic (exact) mass is 560 g/mol. The van der Waals surface area contributed by atoms with E-state index >= 15 is 0 Å². The summed E-state index contributed by atoms with van der Waals surface area (Å²) in [4.78, 5) is 15.5. The number of hydrogen-bond acceptors (Lipinski definition) is 8. The number of ether oxygens (including phenoxy) is 4. The number of methoxy groups -OCH3 is 1. The molecule has 0 bridgehead atoms. The summed E-state index contributed by atoms with van der Waals surface area (Å²) in [6, 6.07) is 8.12. The molecule has 0 saturated carbocycles. The highest BCUT2D eigenvalue weighted by molar-refractivity contribution is 7.96. The first-order valence-corrected chi connectivity index (χ1v) is 13.4. The Balaban J connectivity index is 1.56. The van der Waals surface area contributed by atoms with Crippen LogP contribution < -0.4 is 18.9 Å². The molecule has 1 heterocycles. The minimum atomic E-state index is -4.25. The number of sulfonamides is 1. The summed E-state index contributed by atoms with van der Waals surface area (Å²) >= 11 is 0. The van der Waals surface area contributed by atoms with Crippen LogP contribution in [0.15, 0.2) is 65.7 Å². The molecule has 12 heteroatoms. The summed E-state index contributed by atoms with van der Waals surface area (Å²) in [5.74, 6) is -1.44. The molecule has 0 radical (unpaired) electrons. The van der Waals surface area contributed by atoms with Crippen LogP contribution in [0.2, 0.25) is 0 Å². The van der Waals surface area contributed by atoms with Crippen LogP contribution in [0.5, 0.6) is 23.0 Å². The number of allylic oxidation sites excluding steroid dienone is 4. The second-order valence-corrected chi connectivity index (χ2v) is 10.2. The van der Waals surface area contributed by atoms with Gasteiger partial charge in [-0.25, -0.2) is 22.0 Å². The van der Waals surface area contributed by atoms with E-state index in [0.29, 0.717) is 10.9 Å². The lowest BCUT2D eigenvalue weighted by molar-refractivity contribution is -0.145. The molecule has 2 aromatic carbocycles. The summed E-state index contributed by atoms with van der Waals surface area (Å²) in [6.45, 7) is 3.14. The van der Waals surface area contributed by atoms with Crippen molar-refractivity contribution in [2.75, 3.05) is 25.0 Å². The maximum Gasteiger partial charge on any atom is 0.344 e. The Morgan fingerprint density at radius 1 is 1.10 bits per heavy atom. The van der Waals surface area contributed by atoms with Crippen molar-refractivity contribution in [3.63, 3.8) is 0 Å². The van der Waals surface area contributed by atoms with Crippen LogP contribution in [0.1, 0.15) is 13.8 Å². The van der Waals surface area contributed by atoms with Crippen LogP contribution in [-0.2, 0) is 19.6 Å². The molecule has 206 valence electrons. The molecule has 0 saturated heterocycles. The zero-order chi connectivity index (χ0) is 28.2. The van der Waals surface area contributed by atoms with Gasteiger partial charge in [-0.1, -0.05) is 19.1 Å². The van der Waals surface area contributed by atoms with Crippen molar-refractivity contribution in [2.45, 2.75) is 20.0 Å². The molecule has 0 amide bonds. The maximum atomic E-state index is 15.0. The number of rotatable bonds is 10. The number of halogens is 2. The Hall–Kier alpha value is -4.19. The highest BCUT2D eigenvalue weighted by Gasteiger charge is 2.31. The van der Waals surface area contributed by atoms with E-state index in [0.717, 1.165) is 6.07 Å². The lowest BCUT2D eigenvalue weighted by Gasteiger charge is -2.20. The number of benzene rings is 2. The average molecular weight is 561 g/mol. The van der Waals surface area contributed by atoms with Gasteiger partial charge in [0.05, 0.1) is 29.8 Å². The summed E-state index contributed by atoms with van der Waals surface area (Å²) in [7, 11) is -2.83. The fourth-order valence-electron chi connectivity index (χ4n) is 3.82. The maximum absolute atomic E-state index is 15.0. The van der Waals surface area contributed by atoms with Gasteiger partial charge in [0, 0.05) is 29.6 Å². The van der Waals surface area contributed by atoms with Gasteiger partial charge in [0.25, 0.3) is 10.0 Å². The first-order chi connectivity index (χ1) is 18.6. The molecule has 0 fully saturated rings. The van der Waals surface area contributed by atoms with Gasteiger partial charge in [-0.2, -0.15) is 0 Å². The number of esters is 1. The number of pyridine rings is 1. The van der Waals surface area contributed by atoms with Gasteiger partial charge in [0.2, 0.25) is 0 Å². The van der Waals surface area contributed by atoms with E-state index in [1.807, 2.05) is 0 Å². The third-order valence-corrected chi connectivity index (χ3v) is 7.25. The van der Waals surface area contributed by atoms with Gasteiger partial charge in [-0.3, -0.25) is 9.71 Å². The summed E-state index contributed by atoms with van der Waals surface area (Å²) < 4.78 is 78.5. The van der Waals surface area contributed by atoms with Gasteiger partial charge >= 0.3 is 5.97 Å². The number of anilines is 1. The summed E-state index contributed by atoms with van der Waals surface area (Å²) in [5.41, 5.74) is 0.321. The summed E-state index contributed by atoms with van der Waals surface area (Å²) in [6.07, 6.45) is 3.94. The molecule has 4 rings (SSSR count). The van der Waals surface area contributed by atoms with E-state index in [-0.39, 0.29) is 41.9 Å². The van der Waals surface area contributed by atoms with Crippen molar-refractivity contribution >= 4 is 32.6 Å². The number of alkyl halides is 1. The van der Waals surface area contributed by atoms with Crippen molar-refractivity contribution in [1.29, 1.82) is 0 Å². The van der Waals surface area contributed by atoms with Gasteiger partial charge in [-0.05, 0) is 37.3 Å². The molecule has 1 aromatic heterocycles. The van der Waals surface area contributed by atoms with Crippen molar-refractivity contribution in [1.82, 2.24) is 4.98 Å². The topological polar surface area (TPSA) is 113 Å². The van der Waals surface area contributed by atoms with Crippen molar-refractivity contribution in [2.24, 2.45) is 5.92 Å². The molecule has 9 nitrogen and oxygen atoms in total. The number of fused-ring (bicyclic) bond motifs is 1. The first kappa shape index (κ1) is 27.8. The molecular formula is C27H26F2N2O7S. The minimum absolute atomic E-state index is 0.0974. The fourth-order valence-corrected chi connectivity index (χ4v) is 5.14. The molecule has 1 aliphatic rings. The third kappa shape index (κ3) is 6.28. The number of carbonyl (C=O) groups excluding carboxylic acids is 1. The normalized spacial score (nSPS) is 16.9. The lowest BCUT2D eigenvalue weighted by Crippen LogP contribution is -2.26. The van der Waals surface area contributed by atoms with Crippen molar-refractivity contribution in [3.05, 3.63) is 71.5 Å². The molecule has 1 N–H and O–H groups in total. The van der Waals surface area contributed by atoms with Crippen LogP contribution in [0, 0.1) is 11.7 Å². The highest BCUT2D eigenvalue weighted by Crippen LogP contribution is 2.38. The summed E-state index contributed by atoms with van der Waals surface area (Å²) in [5, 5.41) is 0.461. The van der Waals surface area contributed by atoms with Gasteiger partial charge in [0.1, 0.15) is 11.9 Å². The van der Waals surface area contributed by atoms with E-state index in [2.05, 4.69) is 9.71 Å². The quantitative estimate of drug-likeness (QED) is 0.333. The van der Waals surface area contributed by atoms with Crippen LogP contribution in [-0.4, -0.2) is 45.9 Å². The first-order valence-electron chi connectivity index (χ1n) is 11.9. The smallest absolute Gasteiger partial charge is 0.344 e. The van der Waals surface area contributed by atoms with E-state index in [1.165, 1.54) is 43.7 Å². The number of hydrogen-bond donors (Lipinski definition) is 1. The molecule has 2 unspecified atom stereocenters. The predicted octanol–water partition coefficient (Wildman–Crippen LogP) is 5.29.